The van der Waals surface area contributed by atoms with Gasteiger partial charge in [0.15, 0.2) is 11.6 Å². The van der Waals surface area contributed by atoms with Crippen molar-refractivity contribution in [3.05, 3.63) is 58.5 Å². The number of carbonyl (C=O) groups is 3. The molecule has 1 N–H and O–H groups in total. The van der Waals surface area contributed by atoms with Gasteiger partial charge in [-0.15, -0.1) is 11.6 Å². The zero-order chi connectivity index (χ0) is 27.2. The molecule has 7 nitrogen and oxygen atoms in total. The molecule has 2 bridgehead atoms. The zero-order valence-electron chi connectivity index (χ0n) is 19.4. The van der Waals surface area contributed by atoms with Crippen LogP contribution in [0.25, 0.3) is 0 Å². The van der Waals surface area contributed by atoms with E-state index in [1.165, 1.54) is 19.2 Å². The van der Waals surface area contributed by atoms with E-state index in [2.05, 4.69) is 10.3 Å². The minimum absolute atomic E-state index is 0.00717. The van der Waals surface area contributed by atoms with E-state index >= 15 is 0 Å². The van der Waals surface area contributed by atoms with E-state index in [-0.39, 0.29) is 30.8 Å². The summed E-state index contributed by atoms with van der Waals surface area (Å²) in [5.74, 6) is -3.71. The van der Waals surface area contributed by atoms with Gasteiger partial charge < -0.3 is 15.0 Å². The lowest BCUT2D eigenvalue weighted by Gasteiger charge is -2.71. The number of ether oxygens (including phenoxy) is 1. The van der Waals surface area contributed by atoms with Crippen molar-refractivity contribution in [2.45, 2.75) is 38.0 Å². The molecular weight excluding hydrogens is 541 g/mol. The summed E-state index contributed by atoms with van der Waals surface area (Å²) in [4.78, 5) is 43.7. The lowest BCUT2D eigenvalue weighted by atomic mass is 9.33. The van der Waals surface area contributed by atoms with Crippen molar-refractivity contribution in [2.24, 2.45) is 10.8 Å². The van der Waals surface area contributed by atoms with E-state index in [4.69, 9.17) is 27.9 Å². The van der Waals surface area contributed by atoms with Crippen molar-refractivity contribution >= 4 is 46.8 Å². The molecule has 1 atom stereocenters. The molecule has 13 heteroatoms. The molecule has 3 fully saturated rings. The van der Waals surface area contributed by atoms with Crippen molar-refractivity contribution in [1.82, 2.24) is 9.88 Å². The van der Waals surface area contributed by atoms with Crippen LogP contribution < -0.4 is 5.32 Å². The fraction of sp³-hybridized carbons (Fsp3) is 0.417. The lowest BCUT2D eigenvalue weighted by molar-refractivity contribution is -0.244. The van der Waals surface area contributed by atoms with Crippen LogP contribution in [0.15, 0.2) is 36.5 Å². The second kappa shape index (κ2) is 9.75. The summed E-state index contributed by atoms with van der Waals surface area (Å²) in [7, 11) is 1.25. The van der Waals surface area contributed by atoms with Crippen molar-refractivity contribution in [3.8, 4) is 0 Å². The molecule has 3 aliphatic rings. The molecule has 198 valence electrons. The third kappa shape index (κ3) is 4.98. The third-order valence-corrected chi connectivity index (χ3v) is 7.38. The first-order valence-electron chi connectivity index (χ1n) is 11.1. The van der Waals surface area contributed by atoms with Gasteiger partial charge in [0.2, 0.25) is 11.8 Å². The van der Waals surface area contributed by atoms with Crippen LogP contribution in [0, 0.1) is 16.6 Å². The normalized spacial score (nSPS) is 22.8. The number of alkyl halides is 4. The Labute approximate surface area is 219 Å². The highest BCUT2D eigenvalue weighted by molar-refractivity contribution is 6.30. The highest BCUT2D eigenvalue weighted by Crippen LogP contribution is 2.75. The molecule has 5 rings (SSSR count). The summed E-state index contributed by atoms with van der Waals surface area (Å²) in [5, 5.41) is 2.39. The maximum atomic E-state index is 14.4. The Balaban J connectivity index is 1.66. The van der Waals surface area contributed by atoms with Gasteiger partial charge in [-0.2, -0.15) is 13.2 Å². The number of esters is 1. The number of pyridine rings is 1. The second-order valence-corrected chi connectivity index (χ2v) is 10.1. The van der Waals surface area contributed by atoms with E-state index < -0.39 is 63.9 Å². The van der Waals surface area contributed by atoms with Crippen LogP contribution in [0.2, 0.25) is 5.02 Å². The minimum Gasteiger partial charge on any atom is -0.469 e. The Morgan fingerprint density at radius 2 is 1.81 bits per heavy atom. The maximum Gasteiger partial charge on any atom is 0.416 e. The summed E-state index contributed by atoms with van der Waals surface area (Å²) < 4.78 is 58.2. The minimum atomic E-state index is -4.55. The number of halogens is 6. The Morgan fingerprint density at radius 1 is 1.19 bits per heavy atom. The molecule has 0 aliphatic heterocycles. The topological polar surface area (TPSA) is 88.6 Å². The van der Waals surface area contributed by atoms with Crippen LogP contribution in [0.1, 0.15) is 30.4 Å². The molecule has 0 spiro atoms. The van der Waals surface area contributed by atoms with E-state index in [9.17, 15) is 31.9 Å². The number of nitrogens with one attached hydrogen (secondary N) is 1. The third-order valence-electron chi connectivity index (χ3n) is 6.95. The molecule has 1 heterocycles. The standard InChI is InChI=1S/C24H21Cl2F4N3O4/c1-37-21(36)23-10-22(11-23,12-23)18(20(35)32-19-16(27)6-15(26)8-31-19)33(17(34)7-25)9-13-2-4-14(5-3-13)24(28,29)30/h2-6,8,18H,7,9-12H2,1H3,(H,31,32,35). The van der Waals surface area contributed by atoms with Gasteiger partial charge in [-0.3, -0.25) is 14.4 Å². The van der Waals surface area contributed by atoms with Gasteiger partial charge >= 0.3 is 12.1 Å². The highest BCUT2D eigenvalue weighted by Gasteiger charge is 2.76. The number of hydrogen-bond donors (Lipinski definition) is 1. The van der Waals surface area contributed by atoms with E-state index in [0.29, 0.717) is 5.56 Å². The molecule has 1 unspecified atom stereocenters. The van der Waals surface area contributed by atoms with Crippen molar-refractivity contribution < 1.29 is 36.7 Å². The molecule has 2 aromatic rings. The Hall–Kier alpha value is -2.92. The predicted octanol–water partition coefficient (Wildman–Crippen LogP) is 4.81. The number of rotatable bonds is 8. The number of carbonyl (C=O) groups excluding carboxylic acids is 3. The van der Waals surface area contributed by atoms with Crippen molar-refractivity contribution in [1.29, 1.82) is 0 Å². The van der Waals surface area contributed by atoms with Crippen LogP contribution >= 0.6 is 23.2 Å². The average Bonchev–Trinajstić information content (AvgIpc) is 2.79. The number of benzene rings is 1. The average molecular weight is 562 g/mol. The quantitative estimate of drug-likeness (QED) is 0.284. The Kier molecular flexibility index (Phi) is 7.15. The summed E-state index contributed by atoms with van der Waals surface area (Å²) in [6, 6.07) is 3.87. The largest absolute Gasteiger partial charge is 0.469 e. The first kappa shape index (κ1) is 27.1. The van der Waals surface area contributed by atoms with Gasteiger partial charge in [-0.25, -0.2) is 9.37 Å². The summed E-state index contributed by atoms with van der Waals surface area (Å²) in [5.41, 5.74) is -2.17. The van der Waals surface area contributed by atoms with Crippen LogP contribution in [0.5, 0.6) is 0 Å². The predicted molar refractivity (Wildman–Crippen MR) is 125 cm³/mol. The fourth-order valence-electron chi connectivity index (χ4n) is 5.43. The molecule has 0 radical (unpaired) electrons. The smallest absolute Gasteiger partial charge is 0.416 e. The lowest BCUT2D eigenvalue weighted by Crippen LogP contribution is -2.75. The molecule has 1 aromatic carbocycles. The SMILES string of the molecule is COC(=O)C12CC(C(C(=O)Nc3ncc(Cl)cc3F)N(Cc3ccc(C(F)(F)F)cc3)C(=O)CCl)(C1)C2. The van der Waals surface area contributed by atoms with Gasteiger partial charge in [0.25, 0.3) is 0 Å². The molecule has 37 heavy (non-hydrogen) atoms. The molecule has 0 saturated heterocycles. The number of nitrogens with zero attached hydrogens (tertiary/aromatic N) is 2. The molecule has 3 aliphatic carbocycles. The number of aromatic nitrogens is 1. The molecule has 3 saturated carbocycles. The first-order chi connectivity index (χ1) is 17.3. The Bertz CT molecular complexity index is 1220. The summed E-state index contributed by atoms with van der Waals surface area (Å²) in [6.45, 7) is -0.245. The maximum absolute atomic E-state index is 14.4. The zero-order valence-corrected chi connectivity index (χ0v) is 20.9. The summed E-state index contributed by atoms with van der Waals surface area (Å²) >= 11 is 11.6. The summed E-state index contributed by atoms with van der Waals surface area (Å²) in [6.07, 6.45) is -2.70. The van der Waals surface area contributed by atoms with Gasteiger partial charge in [-0.05, 0) is 43.0 Å². The number of anilines is 1. The molecule has 1 aromatic heterocycles. The van der Waals surface area contributed by atoms with E-state index in [1.807, 2.05) is 0 Å². The molecule has 2 amide bonds. The van der Waals surface area contributed by atoms with Crippen LogP contribution in [0.3, 0.4) is 0 Å². The fourth-order valence-corrected chi connectivity index (χ4v) is 5.73. The van der Waals surface area contributed by atoms with E-state index in [1.54, 1.807) is 0 Å². The van der Waals surface area contributed by atoms with Gasteiger partial charge in [0.1, 0.15) is 11.9 Å². The van der Waals surface area contributed by atoms with Crippen molar-refractivity contribution in [3.63, 3.8) is 0 Å². The number of methoxy groups -OCH3 is 1. The highest BCUT2D eigenvalue weighted by atomic mass is 35.5. The Morgan fingerprint density at radius 3 is 2.32 bits per heavy atom. The first-order valence-corrected chi connectivity index (χ1v) is 12.0. The van der Waals surface area contributed by atoms with Crippen LogP contribution in [0.4, 0.5) is 23.4 Å². The number of hydrogen-bond acceptors (Lipinski definition) is 5. The van der Waals surface area contributed by atoms with Gasteiger partial charge in [0.05, 0.1) is 23.1 Å². The van der Waals surface area contributed by atoms with Gasteiger partial charge in [0, 0.05) is 18.2 Å². The number of amides is 2. The second-order valence-electron chi connectivity index (χ2n) is 9.39. The van der Waals surface area contributed by atoms with E-state index in [0.717, 1.165) is 29.3 Å². The van der Waals surface area contributed by atoms with Crippen molar-refractivity contribution in [2.75, 3.05) is 18.3 Å². The molecular formula is C24H21Cl2F4N3O4. The van der Waals surface area contributed by atoms with Gasteiger partial charge in [-0.1, -0.05) is 23.7 Å². The monoisotopic (exact) mass is 561 g/mol. The van der Waals surface area contributed by atoms with Crippen LogP contribution in [-0.4, -0.2) is 46.7 Å². The van der Waals surface area contributed by atoms with Crippen LogP contribution in [-0.2, 0) is 31.8 Å².